The molecule has 0 heterocycles. The van der Waals surface area contributed by atoms with Gasteiger partial charge in [-0.15, -0.1) is 6.42 Å². The third-order valence-corrected chi connectivity index (χ3v) is 2.00. The molecule has 1 N–H and O–H groups in total. The van der Waals surface area contributed by atoms with E-state index in [1.807, 2.05) is 6.92 Å². The number of aliphatic hydroxyl groups excluding tert-OH is 1. The lowest BCUT2D eigenvalue weighted by Gasteiger charge is -2.06. The molecule has 0 fully saturated rings. The molecule has 0 aromatic heterocycles. The summed E-state index contributed by atoms with van der Waals surface area (Å²) in [5.74, 6) is 3.82. The molecule has 1 aliphatic carbocycles. The van der Waals surface area contributed by atoms with Gasteiger partial charge in [0.1, 0.15) is 18.1 Å². The first-order valence-electron chi connectivity index (χ1n) is 5.05. The van der Waals surface area contributed by atoms with Crippen LogP contribution in [-0.2, 0) is 9.47 Å². The van der Waals surface area contributed by atoms with E-state index in [1.54, 1.807) is 12.2 Å². The first-order valence-corrected chi connectivity index (χ1v) is 5.05. The number of allylic oxidation sites excluding steroid dienone is 2. The number of rotatable bonds is 4. The fraction of sp³-hybridized carbons (Fsp3) is 0.500. The lowest BCUT2D eigenvalue weighted by molar-refractivity contribution is 0.189. The maximum atomic E-state index is 9.54. The van der Waals surface area contributed by atoms with Crippen molar-refractivity contribution < 1.29 is 14.6 Å². The van der Waals surface area contributed by atoms with E-state index in [-0.39, 0.29) is 6.61 Å². The van der Waals surface area contributed by atoms with Crippen LogP contribution < -0.4 is 0 Å². The standard InChI is InChI=1S/C12H16O3/c1-3-7-15-11-6-5-10(13)8-12(9-11)14-4-2/h1,8-10,13H,4-7H2,2H3. The van der Waals surface area contributed by atoms with Gasteiger partial charge >= 0.3 is 0 Å². The zero-order chi connectivity index (χ0) is 11.1. The highest BCUT2D eigenvalue weighted by molar-refractivity contribution is 5.20. The van der Waals surface area contributed by atoms with Crippen molar-refractivity contribution in [3.8, 4) is 12.3 Å². The van der Waals surface area contributed by atoms with Crippen LogP contribution in [0.3, 0.4) is 0 Å². The van der Waals surface area contributed by atoms with Crippen molar-refractivity contribution in [3.05, 3.63) is 23.7 Å². The van der Waals surface area contributed by atoms with Crippen molar-refractivity contribution in [2.24, 2.45) is 0 Å². The Morgan fingerprint density at radius 3 is 3.07 bits per heavy atom. The second-order valence-corrected chi connectivity index (χ2v) is 3.21. The van der Waals surface area contributed by atoms with Crippen molar-refractivity contribution in [3.63, 3.8) is 0 Å². The molecular weight excluding hydrogens is 192 g/mol. The van der Waals surface area contributed by atoms with Gasteiger partial charge in [0.15, 0.2) is 0 Å². The predicted molar refractivity (Wildman–Crippen MR) is 57.8 cm³/mol. The van der Waals surface area contributed by atoms with Gasteiger partial charge in [-0.25, -0.2) is 0 Å². The Bertz CT molecular complexity index is 296. The van der Waals surface area contributed by atoms with Gasteiger partial charge in [0.05, 0.1) is 12.7 Å². The second-order valence-electron chi connectivity index (χ2n) is 3.21. The molecule has 3 nitrogen and oxygen atoms in total. The molecule has 0 spiro atoms. The molecule has 0 saturated carbocycles. The predicted octanol–water partition coefficient (Wildman–Crippen LogP) is 1.60. The van der Waals surface area contributed by atoms with Crippen molar-refractivity contribution in [2.45, 2.75) is 25.9 Å². The molecule has 0 aliphatic heterocycles. The SMILES string of the molecule is C#CCOC1=CC(OCC)=CC(O)CC1. The van der Waals surface area contributed by atoms with Gasteiger partial charge in [-0.1, -0.05) is 5.92 Å². The maximum Gasteiger partial charge on any atom is 0.148 e. The van der Waals surface area contributed by atoms with E-state index in [1.165, 1.54) is 0 Å². The van der Waals surface area contributed by atoms with Gasteiger partial charge in [0, 0.05) is 12.5 Å². The topological polar surface area (TPSA) is 38.7 Å². The summed E-state index contributed by atoms with van der Waals surface area (Å²) < 4.78 is 10.7. The van der Waals surface area contributed by atoms with Crippen LogP contribution in [0, 0.1) is 12.3 Å². The minimum absolute atomic E-state index is 0.251. The van der Waals surface area contributed by atoms with Crippen LogP contribution in [0.2, 0.25) is 0 Å². The second kappa shape index (κ2) is 6.15. The van der Waals surface area contributed by atoms with Gasteiger partial charge in [0.2, 0.25) is 0 Å². The summed E-state index contributed by atoms with van der Waals surface area (Å²) in [6.45, 7) is 2.72. The molecule has 1 rings (SSSR count). The molecule has 0 aromatic rings. The van der Waals surface area contributed by atoms with Gasteiger partial charge in [-0.2, -0.15) is 0 Å². The fourth-order valence-electron chi connectivity index (χ4n) is 1.35. The molecule has 0 saturated heterocycles. The molecule has 0 amide bonds. The third-order valence-electron chi connectivity index (χ3n) is 2.00. The number of hydrogen-bond donors (Lipinski definition) is 1. The van der Waals surface area contributed by atoms with E-state index in [9.17, 15) is 5.11 Å². The summed E-state index contributed by atoms with van der Waals surface area (Å²) in [6, 6.07) is 0. The smallest absolute Gasteiger partial charge is 0.148 e. The molecule has 0 bridgehead atoms. The van der Waals surface area contributed by atoms with Crippen LogP contribution in [0.25, 0.3) is 0 Å². The molecular formula is C12H16O3. The quantitative estimate of drug-likeness (QED) is 0.713. The summed E-state index contributed by atoms with van der Waals surface area (Å²) in [5, 5.41) is 9.54. The Morgan fingerprint density at radius 1 is 1.60 bits per heavy atom. The Hall–Kier alpha value is -1.40. The molecule has 1 atom stereocenters. The molecule has 3 heteroatoms. The van der Waals surface area contributed by atoms with Crippen molar-refractivity contribution >= 4 is 0 Å². The van der Waals surface area contributed by atoms with E-state index in [4.69, 9.17) is 15.9 Å². The summed E-state index contributed by atoms with van der Waals surface area (Å²) in [4.78, 5) is 0. The van der Waals surface area contributed by atoms with E-state index in [0.29, 0.717) is 25.2 Å². The van der Waals surface area contributed by atoms with E-state index in [0.717, 1.165) is 5.76 Å². The monoisotopic (exact) mass is 208 g/mol. The average molecular weight is 208 g/mol. The van der Waals surface area contributed by atoms with Crippen molar-refractivity contribution in [1.82, 2.24) is 0 Å². The summed E-state index contributed by atoms with van der Waals surface area (Å²) in [7, 11) is 0. The number of terminal acetylenes is 1. The minimum Gasteiger partial charge on any atom is -0.494 e. The van der Waals surface area contributed by atoms with Crippen molar-refractivity contribution in [1.29, 1.82) is 0 Å². The molecule has 0 aromatic carbocycles. The molecule has 0 radical (unpaired) electrons. The van der Waals surface area contributed by atoms with Gasteiger partial charge in [-0.05, 0) is 19.4 Å². The maximum absolute atomic E-state index is 9.54. The number of aliphatic hydroxyl groups is 1. The lowest BCUT2D eigenvalue weighted by Crippen LogP contribution is -2.02. The van der Waals surface area contributed by atoms with Crippen LogP contribution in [0.15, 0.2) is 23.7 Å². The minimum atomic E-state index is -0.477. The number of hydrogen-bond acceptors (Lipinski definition) is 3. The molecule has 82 valence electrons. The first kappa shape index (κ1) is 11.7. The van der Waals surface area contributed by atoms with Crippen LogP contribution in [0.5, 0.6) is 0 Å². The Morgan fingerprint density at radius 2 is 2.40 bits per heavy atom. The van der Waals surface area contributed by atoms with E-state index in [2.05, 4.69) is 5.92 Å². The highest BCUT2D eigenvalue weighted by Crippen LogP contribution is 2.19. The largest absolute Gasteiger partial charge is 0.494 e. The molecule has 1 aliphatic rings. The average Bonchev–Trinajstić information content (AvgIpc) is 2.38. The van der Waals surface area contributed by atoms with Gasteiger partial charge in [-0.3, -0.25) is 0 Å². The number of ether oxygens (including phenoxy) is 2. The van der Waals surface area contributed by atoms with Crippen LogP contribution in [0.1, 0.15) is 19.8 Å². The lowest BCUT2D eigenvalue weighted by atomic mass is 10.2. The Kier molecular flexibility index (Phi) is 4.79. The summed E-state index contributed by atoms with van der Waals surface area (Å²) >= 11 is 0. The molecule has 1 unspecified atom stereocenters. The van der Waals surface area contributed by atoms with Crippen LogP contribution in [0.4, 0.5) is 0 Å². The molecule has 15 heavy (non-hydrogen) atoms. The van der Waals surface area contributed by atoms with Gasteiger partial charge < -0.3 is 14.6 Å². The van der Waals surface area contributed by atoms with Crippen LogP contribution in [-0.4, -0.2) is 24.4 Å². The van der Waals surface area contributed by atoms with Gasteiger partial charge in [0.25, 0.3) is 0 Å². The third kappa shape index (κ3) is 4.09. The van der Waals surface area contributed by atoms with E-state index < -0.39 is 6.10 Å². The Labute approximate surface area is 90.4 Å². The zero-order valence-corrected chi connectivity index (χ0v) is 8.90. The highest BCUT2D eigenvalue weighted by atomic mass is 16.5. The summed E-state index contributed by atoms with van der Waals surface area (Å²) in [5.41, 5.74) is 0. The summed E-state index contributed by atoms with van der Waals surface area (Å²) in [6.07, 6.45) is 9.42. The Balaban J connectivity index is 2.66. The van der Waals surface area contributed by atoms with Crippen LogP contribution >= 0.6 is 0 Å². The van der Waals surface area contributed by atoms with E-state index >= 15 is 0 Å². The fourth-order valence-corrected chi connectivity index (χ4v) is 1.35. The zero-order valence-electron chi connectivity index (χ0n) is 8.90. The highest BCUT2D eigenvalue weighted by Gasteiger charge is 2.11. The van der Waals surface area contributed by atoms with Crippen molar-refractivity contribution in [2.75, 3.05) is 13.2 Å². The first-order chi connectivity index (χ1) is 7.26. The normalized spacial score (nSPS) is 20.7.